The molecule has 1 atom stereocenters. The lowest BCUT2D eigenvalue weighted by molar-refractivity contribution is 0.0927. The third-order valence-corrected chi connectivity index (χ3v) is 6.36. The molecule has 1 aliphatic heterocycles. The predicted octanol–water partition coefficient (Wildman–Crippen LogP) is 3.78. The number of halogens is 1. The molecule has 0 bridgehead atoms. The van der Waals surface area contributed by atoms with Gasteiger partial charge in [-0.2, -0.15) is 5.10 Å². The Labute approximate surface area is 186 Å². The zero-order valence-electron chi connectivity index (χ0n) is 17.3. The first-order valence-corrected chi connectivity index (χ1v) is 11.2. The van der Waals surface area contributed by atoms with Gasteiger partial charge in [-0.05, 0) is 37.7 Å². The number of rotatable bonds is 5. The zero-order valence-corrected chi connectivity index (χ0v) is 18.1. The van der Waals surface area contributed by atoms with Crippen LogP contribution in [0.15, 0.2) is 42.7 Å². The number of aromatic nitrogens is 4. The van der Waals surface area contributed by atoms with E-state index in [9.17, 15) is 4.79 Å². The Kier molecular flexibility index (Phi) is 5.59. The number of benzene rings is 1. The lowest BCUT2D eigenvalue weighted by Gasteiger charge is -2.24. The molecule has 7 nitrogen and oxygen atoms in total. The summed E-state index contributed by atoms with van der Waals surface area (Å²) >= 11 is 6.29. The van der Waals surface area contributed by atoms with E-state index in [4.69, 9.17) is 11.6 Å². The van der Waals surface area contributed by atoms with Crippen LogP contribution in [0.1, 0.15) is 59.0 Å². The van der Waals surface area contributed by atoms with Gasteiger partial charge >= 0.3 is 0 Å². The van der Waals surface area contributed by atoms with E-state index in [0.717, 1.165) is 57.3 Å². The lowest BCUT2D eigenvalue weighted by Crippen LogP contribution is -2.32. The lowest BCUT2D eigenvalue weighted by atomic mass is 9.92. The standard InChI is InChI=1S/C23H25ClN6O/c24-18-14-25-23(29-11-4-5-12-29)28-21(18)22(31)27-19-9-6-10-20-17(19)13-26-30(20)15-16-7-2-1-3-8-16/h1-3,7-8,13-14,19H,4-6,9-12,15H2,(H,27,31)/t19-/m1/s1. The molecule has 2 aliphatic rings. The van der Waals surface area contributed by atoms with Crippen molar-refractivity contribution in [3.63, 3.8) is 0 Å². The van der Waals surface area contributed by atoms with E-state index in [1.54, 1.807) is 0 Å². The van der Waals surface area contributed by atoms with Crippen LogP contribution in [0.2, 0.25) is 5.02 Å². The number of hydrogen-bond donors (Lipinski definition) is 1. The van der Waals surface area contributed by atoms with Crippen LogP contribution >= 0.6 is 11.6 Å². The first-order valence-electron chi connectivity index (χ1n) is 10.9. The van der Waals surface area contributed by atoms with Crippen LogP contribution in [0.4, 0.5) is 5.95 Å². The van der Waals surface area contributed by atoms with Gasteiger partial charge in [-0.25, -0.2) is 9.97 Å². The number of carbonyl (C=O) groups is 1. The van der Waals surface area contributed by atoms with Crippen LogP contribution in [0.25, 0.3) is 0 Å². The van der Waals surface area contributed by atoms with E-state index in [-0.39, 0.29) is 22.7 Å². The van der Waals surface area contributed by atoms with Gasteiger partial charge in [0.1, 0.15) is 0 Å². The molecule has 1 fully saturated rings. The normalized spacial score (nSPS) is 18.1. The van der Waals surface area contributed by atoms with Crippen molar-refractivity contribution in [3.8, 4) is 0 Å². The second-order valence-electron chi connectivity index (χ2n) is 8.17. The number of hydrogen-bond acceptors (Lipinski definition) is 5. The average molecular weight is 437 g/mol. The summed E-state index contributed by atoms with van der Waals surface area (Å²) in [5, 5.41) is 8.03. The highest BCUT2D eigenvalue weighted by molar-refractivity contribution is 6.33. The largest absolute Gasteiger partial charge is 0.344 e. The van der Waals surface area contributed by atoms with Crippen molar-refractivity contribution in [2.24, 2.45) is 0 Å². The van der Waals surface area contributed by atoms with Gasteiger partial charge in [-0.3, -0.25) is 9.48 Å². The summed E-state index contributed by atoms with van der Waals surface area (Å²) in [7, 11) is 0. The van der Waals surface area contributed by atoms with E-state index in [1.165, 1.54) is 17.5 Å². The topological polar surface area (TPSA) is 75.9 Å². The summed E-state index contributed by atoms with van der Waals surface area (Å²) in [6.07, 6.45) is 8.48. The molecule has 0 spiro atoms. The second-order valence-corrected chi connectivity index (χ2v) is 8.58. The Bertz CT molecular complexity index is 1080. The van der Waals surface area contributed by atoms with Crippen molar-refractivity contribution in [1.82, 2.24) is 25.1 Å². The molecule has 8 heteroatoms. The van der Waals surface area contributed by atoms with E-state index in [2.05, 4.69) is 37.4 Å². The number of nitrogens with one attached hydrogen (secondary N) is 1. The first-order chi connectivity index (χ1) is 15.2. The molecular formula is C23H25ClN6O. The van der Waals surface area contributed by atoms with Crippen molar-refractivity contribution in [3.05, 3.63) is 70.3 Å². The van der Waals surface area contributed by atoms with Gasteiger partial charge in [0.25, 0.3) is 5.91 Å². The van der Waals surface area contributed by atoms with E-state index in [1.807, 2.05) is 29.1 Å². The minimum Gasteiger partial charge on any atom is -0.344 e. The molecule has 0 radical (unpaired) electrons. The van der Waals surface area contributed by atoms with Crippen LogP contribution in [-0.4, -0.2) is 38.7 Å². The number of nitrogens with zero attached hydrogens (tertiary/aromatic N) is 5. The number of fused-ring (bicyclic) bond motifs is 1. The second kappa shape index (κ2) is 8.67. The molecule has 0 saturated carbocycles. The van der Waals surface area contributed by atoms with Crippen molar-refractivity contribution in [2.75, 3.05) is 18.0 Å². The maximum absolute atomic E-state index is 13.1. The molecule has 1 aromatic carbocycles. The molecule has 1 saturated heterocycles. The summed E-state index contributed by atoms with van der Waals surface area (Å²) in [5.74, 6) is 0.313. The van der Waals surface area contributed by atoms with Crippen molar-refractivity contribution in [1.29, 1.82) is 0 Å². The van der Waals surface area contributed by atoms with Gasteiger partial charge < -0.3 is 10.2 Å². The van der Waals surface area contributed by atoms with Crippen LogP contribution in [0.5, 0.6) is 0 Å². The summed E-state index contributed by atoms with van der Waals surface area (Å²) < 4.78 is 2.05. The van der Waals surface area contributed by atoms with Gasteiger partial charge in [0.05, 0.1) is 30.0 Å². The number of carbonyl (C=O) groups excluding carboxylic acids is 1. The van der Waals surface area contributed by atoms with Crippen LogP contribution < -0.4 is 10.2 Å². The highest BCUT2D eigenvalue weighted by Crippen LogP contribution is 2.30. The molecule has 3 heterocycles. The molecular weight excluding hydrogens is 412 g/mol. The van der Waals surface area contributed by atoms with Gasteiger partial charge in [0, 0.05) is 24.3 Å². The summed E-state index contributed by atoms with van der Waals surface area (Å²) in [4.78, 5) is 24.0. The van der Waals surface area contributed by atoms with Crippen LogP contribution in [0, 0.1) is 0 Å². The Morgan fingerprint density at radius 3 is 2.74 bits per heavy atom. The third-order valence-electron chi connectivity index (χ3n) is 6.08. The summed E-state index contributed by atoms with van der Waals surface area (Å²) in [6.45, 7) is 2.55. The maximum atomic E-state index is 13.1. The third kappa shape index (κ3) is 4.14. The molecule has 5 rings (SSSR count). The van der Waals surface area contributed by atoms with Gasteiger partial charge in [0.15, 0.2) is 5.69 Å². The Morgan fingerprint density at radius 1 is 1.13 bits per heavy atom. The zero-order chi connectivity index (χ0) is 21.2. The van der Waals surface area contributed by atoms with E-state index < -0.39 is 0 Å². The van der Waals surface area contributed by atoms with Crippen molar-refractivity contribution < 1.29 is 4.79 Å². The monoisotopic (exact) mass is 436 g/mol. The van der Waals surface area contributed by atoms with Crippen molar-refractivity contribution in [2.45, 2.75) is 44.7 Å². The molecule has 1 amide bonds. The van der Waals surface area contributed by atoms with E-state index in [0.29, 0.717) is 5.95 Å². The summed E-state index contributed by atoms with van der Waals surface area (Å²) in [5.41, 5.74) is 3.72. The Morgan fingerprint density at radius 2 is 1.94 bits per heavy atom. The number of amides is 1. The molecule has 3 aromatic rings. The van der Waals surface area contributed by atoms with E-state index >= 15 is 0 Å². The fraction of sp³-hybridized carbons (Fsp3) is 0.391. The molecule has 1 N–H and O–H groups in total. The molecule has 2 aromatic heterocycles. The molecule has 31 heavy (non-hydrogen) atoms. The first kappa shape index (κ1) is 20.0. The van der Waals surface area contributed by atoms with Gasteiger partial charge in [-0.1, -0.05) is 41.9 Å². The average Bonchev–Trinajstić information content (AvgIpc) is 3.46. The maximum Gasteiger partial charge on any atom is 0.272 e. The molecule has 160 valence electrons. The fourth-order valence-electron chi connectivity index (χ4n) is 4.47. The van der Waals surface area contributed by atoms with Crippen molar-refractivity contribution >= 4 is 23.5 Å². The quantitative estimate of drug-likeness (QED) is 0.658. The van der Waals surface area contributed by atoms with Crippen LogP contribution in [0.3, 0.4) is 0 Å². The SMILES string of the molecule is O=C(N[C@@H]1CCCc2c1cnn2Cc1ccccc1)c1nc(N2CCCC2)ncc1Cl. The molecule has 0 unspecified atom stereocenters. The smallest absolute Gasteiger partial charge is 0.272 e. The van der Waals surface area contributed by atoms with Gasteiger partial charge in [0.2, 0.25) is 5.95 Å². The van der Waals surface area contributed by atoms with Crippen LogP contribution in [-0.2, 0) is 13.0 Å². The highest BCUT2D eigenvalue weighted by atomic mass is 35.5. The molecule has 1 aliphatic carbocycles. The highest BCUT2D eigenvalue weighted by Gasteiger charge is 2.27. The Balaban J connectivity index is 1.35. The number of anilines is 1. The summed E-state index contributed by atoms with van der Waals surface area (Å²) in [6, 6.07) is 10.2. The fourth-order valence-corrected chi connectivity index (χ4v) is 4.65. The minimum atomic E-state index is -0.262. The predicted molar refractivity (Wildman–Crippen MR) is 119 cm³/mol. The Hall–Kier alpha value is -2.93. The van der Waals surface area contributed by atoms with Gasteiger partial charge in [-0.15, -0.1) is 0 Å². The minimum absolute atomic E-state index is 0.0953.